The van der Waals surface area contributed by atoms with Crippen LogP contribution < -0.4 is 15.2 Å². The highest BCUT2D eigenvalue weighted by Gasteiger charge is 2.33. The Morgan fingerprint density at radius 2 is 2.03 bits per heavy atom. The number of benzene rings is 1. The Morgan fingerprint density at radius 1 is 1.24 bits per heavy atom. The normalized spacial score (nSPS) is 18.8. The number of alkyl halides is 3. The molecule has 6 nitrogen and oxygen atoms in total. The number of ether oxygens (including phenoxy) is 1. The molecule has 0 unspecified atom stereocenters. The highest BCUT2D eigenvalue weighted by Crippen LogP contribution is 2.34. The van der Waals surface area contributed by atoms with Crippen molar-refractivity contribution in [1.82, 2.24) is 9.55 Å². The first-order valence-electron chi connectivity index (χ1n) is 10.7. The van der Waals surface area contributed by atoms with Crippen molar-refractivity contribution in [3.63, 3.8) is 0 Å². The number of piperidine rings is 1. The van der Waals surface area contributed by atoms with Gasteiger partial charge in [0, 0.05) is 38.5 Å². The second-order valence-electron chi connectivity index (χ2n) is 8.19. The van der Waals surface area contributed by atoms with Gasteiger partial charge in [0.25, 0.3) is 5.56 Å². The molecule has 1 aromatic carbocycles. The van der Waals surface area contributed by atoms with Crippen LogP contribution in [0, 0.1) is 17.2 Å². The Labute approximate surface area is 188 Å². The molecule has 1 aliphatic rings. The minimum Gasteiger partial charge on any atom is -0.490 e. The molecule has 0 N–H and O–H groups in total. The molecule has 33 heavy (non-hydrogen) atoms. The number of anilines is 1. The summed E-state index contributed by atoms with van der Waals surface area (Å²) in [7, 11) is 1.66. The Kier molecular flexibility index (Phi) is 6.02. The van der Waals surface area contributed by atoms with Gasteiger partial charge >= 0.3 is 6.18 Å². The Hall–Kier alpha value is -3.54. The molecule has 0 bridgehead atoms. The van der Waals surface area contributed by atoms with Crippen LogP contribution in [0.4, 0.5) is 18.9 Å². The lowest BCUT2D eigenvalue weighted by Gasteiger charge is -2.39. The number of hydrogen-bond donors (Lipinski definition) is 0. The number of hydrogen-bond acceptors (Lipinski definition) is 5. The summed E-state index contributed by atoms with van der Waals surface area (Å²) in [5.41, 5.74) is 1.20. The molecule has 4 rings (SSSR count). The fourth-order valence-electron chi connectivity index (χ4n) is 4.31. The van der Waals surface area contributed by atoms with E-state index in [0.29, 0.717) is 36.2 Å². The smallest absolute Gasteiger partial charge is 0.416 e. The van der Waals surface area contributed by atoms with Crippen molar-refractivity contribution in [3.8, 4) is 11.8 Å². The highest BCUT2D eigenvalue weighted by atomic mass is 19.4. The van der Waals surface area contributed by atoms with Gasteiger partial charge in [-0.3, -0.25) is 4.79 Å². The zero-order valence-electron chi connectivity index (χ0n) is 18.3. The molecule has 0 amide bonds. The molecule has 0 saturated carbocycles. The van der Waals surface area contributed by atoms with Crippen molar-refractivity contribution in [1.29, 1.82) is 5.26 Å². The van der Waals surface area contributed by atoms with E-state index in [9.17, 15) is 23.2 Å². The summed E-state index contributed by atoms with van der Waals surface area (Å²) in [5, 5.41) is 9.27. The van der Waals surface area contributed by atoms with Crippen LogP contribution in [0.1, 0.15) is 31.0 Å². The van der Waals surface area contributed by atoms with Crippen molar-refractivity contribution < 1.29 is 17.9 Å². The van der Waals surface area contributed by atoms with Crippen molar-refractivity contribution >= 4 is 16.7 Å². The number of fused-ring (bicyclic) bond motifs is 1. The van der Waals surface area contributed by atoms with E-state index in [1.807, 2.05) is 13.0 Å². The van der Waals surface area contributed by atoms with Gasteiger partial charge in [0.05, 0.1) is 16.8 Å². The lowest BCUT2D eigenvalue weighted by Crippen LogP contribution is -2.46. The number of aromatic nitrogens is 2. The fourth-order valence-corrected chi connectivity index (χ4v) is 4.31. The van der Waals surface area contributed by atoms with Crippen molar-refractivity contribution in [3.05, 3.63) is 64.1 Å². The number of rotatable bonds is 4. The molecule has 0 aliphatic carbocycles. The summed E-state index contributed by atoms with van der Waals surface area (Å²) in [5.74, 6) is 0.229. The monoisotopic (exact) mass is 456 g/mol. The van der Waals surface area contributed by atoms with Crippen LogP contribution in [0.5, 0.6) is 5.75 Å². The van der Waals surface area contributed by atoms with Gasteiger partial charge in [0.1, 0.15) is 29.1 Å². The van der Waals surface area contributed by atoms with Crippen molar-refractivity contribution in [2.45, 2.75) is 32.0 Å². The third-order valence-corrected chi connectivity index (χ3v) is 6.16. The second kappa shape index (κ2) is 8.77. The standard InChI is InChI=1S/C24H23F3N4O2/c1-3-15-14-31(10-9-21(15)33-18-6-4-5-16(11-18)24(25,26)27)20-12-22(32)30(2)19-8-7-17(13-28)29-23(19)20/h4-8,11-12,15,21H,3,9-10,14H2,1-2H3/t15-,21-/m1/s1. The average Bonchev–Trinajstić information content (AvgIpc) is 2.81. The molecular formula is C24H23F3N4O2. The molecule has 2 aromatic heterocycles. The summed E-state index contributed by atoms with van der Waals surface area (Å²) in [6, 6.07) is 11.8. The number of nitrogens with zero attached hydrogens (tertiary/aromatic N) is 4. The fraction of sp³-hybridized carbons (Fsp3) is 0.375. The zero-order chi connectivity index (χ0) is 23.8. The first-order valence-corrected chi connectivity index (χ1v) is 10.7. The van der Waals surface area contributed by atoms with Gasteiger partial charge in [-0.2, -0.15) is 18.4 Å². The maximum atomic E-state index is 13.1. The van der Waals surface area contributed by atoms with Crippen LogP contribution in [0.25, 0.3) is 11.0 Å². The summed E-state index contributed by atoms with van der Waals surface area (Å²) >= 11 is 0. The largest absolute Gasteiger partial charge is 0.490 e. The SMILES string of the molecule is CC[C@@H]1CN(c2cc(=O)n(C)c3ccc(C#N)nc23)CC[C@H]1Oc1cccc(C(F)(F)F)c1. The van der Waals surface area contributed by atoms with Crippen LogP contribution in [0.2, 0.25) is 0 Å². The molecule has 1 fully saturated rings. The number of halogens is 3. The van der Waals surface area contributed by atoms with Crippen LogP contribution in [0.15, 0.2) is 47.3 Å². The number of pyridine rings is 2. The Balaban J connectivity index is 1.61. The molecule has 2 atom stereocenters. The third-order valence-electron chi connectivity index (χ3n) is 6.16. The molecule has 0 radical (unpaired) electrons. The average molecular weight is 456 g/mol. The lowest BCUT2D eigenvalue weighted by atomic mass is 9.91. The molecule has 3 heterocycles. The first kappa shape index (κ1) is 22.6. The summed E-state index contributed by atoms with van der Waals surface area (Å²) in [6.45, 7) is 3.10. The maximum Gasteiger partial charge on any atom is 0.416 e. The number of nitriles is 1. The second-order valence-corrected chi connectivity index (χ2v) is 8.19. The van der Waals surface area contributed by atoms with Crippen LogP contribution in [-0.4, -0.2) is 28.7 Å². The van der Waals surface area contributed by atoms with E-state index < -0.39 is 11.7 Å². The molecule has 9 heteroatoms. The topological polar surface area (TPSA) is 71.2 Å². The number of aryl methyl sites for hydroxylation is 1. The lowest BCUT2D eigenvalue weighted by molar-refractivity contribution is -0.137. The van der Waals surface area contributed by atoms with Gasteiger partial charge < -0.3 is 14.2 Å². The van der Waals surface area contributed by atoms with Crippen LogP contribution in [-0.2, 0) is 13.2 Å². The van der Waals surface area contributed by atoms with Crippen LogP contribution in [0.3, 0.4) is 0 Å². The van der Waals surface area contributed by atoms with Gasteiger partial charge in [0.15, 0.2) is 0 Å². The molecule has 1 saturated heterocycles. The van der Waals surface area contributed by atoms with Gasteiger partial charge in [-0.25, -0.2) is 4.98 Å². The van der Waals surface area contributed by atoms with Crippen molar-refractivity contribution in [2.75, 3.05) is 18.0 Å². The molecule has 0 spiro atoms. The molecule has 1 aliphatic heterocycles. The summed E-state index contributed by atoms with van der Waals surface area (Å²) in [4.78, 5) is 19.0. The van der Waals surface area contributed by atoms with Gasteiger partial charge in [-0.05, 0) is 36.8 Å². The predicted octanol–water partition coefficient (Wildman–Crippen LogP) is 4.51. The minimum absolute atomic E-state index is 0.0338. The van der Waals surface area contributed by atoms with Crippen molar-refractivity contribution in [2.24, 2.45) is 13.0 Å². The van der Waals surface area contributed by atoms with E-state index >= 15 is 0 Å². The Bertz CT molecular complexity index is 1280. The maximum absolute atomic E-state index is 13.1. The minimum atomic E-state index is -4.43. The van der Waals surface area contributed by atoms with Gasteiger partial charge in [-0.1, -0.05) is 13.0 Å². The predicted molar refractivity (Wildman–Crippen MR) is 118 cm³/mol. The summed E-state index contributed by atoms with van der Waals surface area (Å²) < 4.78 is 46.7. The third kappa shape index (κ3) is 4.51. The van der Waals surface area contributed by atoms with E-state index in [2.05, 4.69) is 9.88 Å². The van der Waals surface area contributed by atoms with Gasteiger partial charge in [0.2, 0.25) is 0 Å². The van der Waals surface area contributed by atoms with E-state index in [-0.39, 0.29) is 29.0 Å². The molecular weight excluding hydrogens is 433 g/mol. The van der Waals surface area contributed by atoms with E-state index in [4.69, 9.17) is 4.74 Å². The van der Waals surface area contributed by atoms with E-state index in [1.165, 1.54) is 22.8 Å². The molecule has 172 valence electrons. The Morgan fingerprint density at radius 3 is 2.73 bits per heavy atom. The first-order chi connectivity index (χ1) is 15.7. The van der Waals surface area contributed by atoms with Gasteiger partial charge in [-0.15, -0.1) is 0 Å². The summed E-state index contributed by atoms with van der Waals surface area (Å²) in [6.07, 6.45) is -3.36. The zero-order valence-corrected chi connectivity index (χ0v) is 18.3. The molecule has 3 aromatic rings. The van der Waals surface area contributed by atoms with Crippen LogP contribution >= 0.6 is 0 Å². The quantitative estimate of drug-likeness (QED) is 0.578. The van der Waals surface area contributed by atoms with E-state index in [0.717, 1.165) is 18.6 Å². The highest BCUT2D eigenvalue weighted by molar-refractivity contribution is 5.88. The van der Waals surface area contributed by atoms with E-state index in [1.54, 1.807) is 19.2 Å².